The van der Waals surface area contributed by atoms with Gasteiger partial charge in [0.25, 0.3) is 0 Å². The zero-order chi connectivity index (χ0) is 14.4. The minimum Gasteiger partial charge on any atom is -0.489 e. The van der Waals surface area contributed by atoms with Crippen molar-refractivity contribution in [3.8, 4) is 5.75 Å². The molecule has 20 heavy (non-hydrogen) atoms. The minimum absolute atomic E-state index is 0.151. The van der Waals surface area contributed by atoms with E-state index < -0.39 is 0 Å². The van der Waals surface area contributed by atoms with Crippen LogP contribution in [0.2, 0.25) is 0 Å². The Labute approximate surface area is 116 Å². The van der Waals surface area contributed by atoms with Crippen molar-refractivity contribution >= 4 is 5.84 Å². The van der Waals surface area contributed by atoms with Gasteiger partial charge in [-0.2, -0.15) is 0 Å². The van der Waals surface area contributed by atoms with E-state index in [0.29, 0.717) is 18.8 Å². The van der Waals surface area contributed by atoms with Gasteiger partial charge >= 0.3 is 0 Å². The number of nitrogens with two attached hydrogens (primary N) is 1. The molecule has 0 aromatic heterocycles. The number of rotatable bonds is 5. The number of benzene rings is 2. The zero-order valence-corrected chi connectivity index (χ0v) is 10.8. The Morgan fingerprint density at radius 1 is 1.15 bits per heavy atom. The molecule has 0 heterocycles. The average molecular weight is 274 g/mol. The van der Waals surface area contributed by atoms with Crippen molar-refractivity contribution in [3.05, 3.63) is 65.5 Å². The number of hydrogen-bond acceptors (Lipinski definition) is 3. The molecule has 0 aliphatic heterocycles. The van der Waals surface area contributed by atoms with Crippen LogP contribution in [-0.2, 0) is 13.0 Å². The third kappa shape index (κ3) is 3.98. The molecule has 0 atom stereocenters. The molecule has 2 aromatic rings. The monoisotopic (exact) mass is 274 g/mol. The van der Waals surface area contributed by atoms with Gasteiger partial charge in [0.05, 0.1) is 0 Å². The van der Waals surface area contributed by atoms with E-state index in [-0.39, 0.29) is 11.7 Å². The fourth-order valence-electron chi connectivity index (χ4n) is 1.74. The number of nitrogens with zero attached hydrogens (tertiary/aromatic N) is 1. The summed E-state index contributed by atoms with van der Waals surface area (Å²) in [4.78, 5) is 0. The Balaban J connectivity index is 1.94. The topological polar surface area (TPSA) is 67.8 Å². The maximum atomic E-state index is 13.0. The quantitative estimate of drug-likeness (QED) is 0.381. The lowest BCUT2D eigenvalue weighted by atomic mass is 10.1. The molecule has 0 saturated heterocycles. The predicted octanol–water partition coefficient (Wildman–Crippen LogP) is 2.69. The molecule has 0 spiro atoms. The molecular formula is C15H15FN2O2. The van der Waals surface area contributed by atoms with Crippen molar-refractivity contribution < 1.29 is 14.3 Å². The molecule has 2 aromatic carbocycles. The lowest BCUT2D eigenvalue weighted by Crippen LogP contribution is -2.14. The van der Waals surface area contributed by atoms with Gasteiger partial charge in [-0.05, 0) is 35.4 Å². The van der Waals surface area contributed by atoms with E-state index in [0.717, 1.165) is 11.1 Å². The molecule has 0 saturated carbocycles. The van der Waals surface area contributed by atoms with Crippen LogP contribution in [0.1, 0.15) is 11.1 Å². The molecule has 0 bridgehead atoms. The molecule has 3 N–H and O–H groups in total. The smallest absolute Gasteiger partial charge is 0.143 e. The molecule has 0 aliphatic carbocycles. The van der Waals surface area contributed by atoms with Crippen LogP contribution in [-0.4, -0.2) is 11.0 Å². The number of oxime groups is 1. The Kier molecular flexibility index (Phi) is 4.55. The van der Waals surface area contributed by atoms with Gasteiger partial charge in [0.2, 0.25) is 0 Å². The molecule has 0 radical (unpaired) electrons. The van der Waals surface area contributed by atoms with Gasteiger partial charge in [-0.1, -0.05) is 29.4 Å². The van der Waals surface area contributed by atoms with Crippen LogP contribution in [0.15, 0.2) is 53.7 Å². The van der Waals surface area contributed by atoms with E-state index in [9.17, 15) is 4.39 Å². The SMILES string of the molecule is N/C(Cc1ccc(OCc2cccc(F)c2)cc1)=N\O. The normalized spacial score (nSPS) is 11.3. The highest BCUT2D eigenvalue weighted by atomic mass is 19.1. The third-order valence-electron chi connectivity index (χ3n) is 2.73. The second-order valence-electron chi connectivity index (χ2n) is 4.33. The zero-order valence-electron chi connectivity index (χ0n) is 10.8. The predicted molar refractivity (Wildman–Crippen MR) is 74.3 cm³/mol. The van der Waals surface area contributed by atoms with E-state index in [4.69, 9.17) is 15.7 Å². The standard InChI is InChI=1S/C15H15FN2O2/c16-13-3-1-2-12(8-13)10-20-14-6-4-11(5-7-14)9-15(17)18-19/h1-8,19H,9-10H2,(H2,17,18). The van der Waals surface area contributed by atoms with Gasteiger partial charge in [-0.3, -0.25) is 0 Å². The van der Waals surface area contributed by atoms with Gasteiger partial charge in [-0.25, -0.2) is 4.39 Å². The molecule has 2 rings (SSSR count). The summed E-state index contributed by atoms with van der Waals surface area (Å²) in [6.07, 6.45) is 0.376. The van der Waals surface area contributed by atoms with Crippen LogP contribution in [0.3, 0.4) is 0 Å². The lowest BCUT2D eigenvalue weighted by Gasteiger charge is -2.07. The Morgan fingerprint density at radius 3 is 2.55 bits per heavy atom. The van der Waals surface area contributed by atoms with Crippen LogP contribution < -0.4 is 10.5 Å². The molecule has 104 valence electrons. The van der Waals surface area contributed by atoms with Crippen molar-refractivity contribution in [2.24, 2.45) is 10.9 Å². The highest BCUT2D eigenvalue weighted by Gasteiger charge is 2.00. The van der Waals surface area contributed by atoms with E-state index in [1.54, 1.807) is 24.3 Å². The van der Waals surface area contributed by atoms with Crippen molar-refractivity contribution in [2.75, 3.05) is 0 Å². The van der Waals surface area contributed by atoms with Crippen molar-refractivity contribution in [3.63, 3.8) is 0 Å². The first-order valence-electron chi connectivity index (χ1n) is 6.10. The summed E-state index contributed by atoms with van der Waals surface area (Å²) in [5.41, 5.74) is 7.11. The number of hydrogen-bond donors (Lipinski definition) is 2. The van der Waals surface area contributed by atoms with Crippen LogP contribution in [0.25, 0.3) is 0 Å². The number of halogens is 1. The number of amidine groups is 1. The van der Waals surface area contributed by atoms with Crippen LogP contribution in [0, 0.1) is 5.82 Å². The van der Waals surface area contributed by atoms with Crippen LogP contribution in [0.4, 0.5) is 4.39 Å². The maximum Gasteiger partial charge on any atom is 0.143 e. The second kappa shape index (κ2) is 6.56. The molecule has 0 aliphatic rings. The molecule has 0 amide bonds. The fraction of sp³-hybridized carbons (Fsp3) is 0.133. The first-order valence-corrected chi connectivity index (χ1v) is 6.10. The van der Waals surface area contributed by atoms with Gasteiger partial charge in [0, 0.05) is 6.42 Å². The van der Waals surface area contributed by atoms with Gasteiger partial charge in [-0.15, -0.1) is 0 Å². The van der Waals surface area contributed by atoms with E-state index in [1.807, 2.05) is 12.1 Å². The van der Waals surface area contributed by atoms with Crippen molar-refractivity contribution in [1.29, 1.82) is 0 Å². The first-order chi connectivity index (χ1) is 9.67. The molecule has 4 nitrogen and oxygen atoms in total. The van der Waals surface area contributed by atoms with Crippen LogP contribution in [0.5, 0.6) is 5.75 Å². The summed E-state index contributed by atoms with van der Waals surface area (Å²) in [6.45, 7) is 0.303. The van der Waals surface area contributed by atoms with Gasteiger partial charge < -0.3 is 15.7 Å². The summed E-state index contributed by atoms with van der Waals surface area (Å²) in [6, 6.07) is 13.5. The third-order valence-corrected chi connectivity index (χ3v) is 2.73. The Hall–Kier alpha value is -2.56. The summed E-state index contributed by atoms with van der Waals surface area (Å²) < 4.78 is 18.6. The Bertz CT molecular complexity index is 597. The summed E-state index contributed by atoms with van der Waals surface area (Å²) in [7, 11) is 0. The molecule has 0 fully saturated rings. The second-order valence-corrected chi connectivity index (χ2v) is 4.33. The summed E-state index contributed by atoms with van der Waals surface area (Å²) >= 11 is 0. The largest absolute Gasteiger partial charge is 0.489 e. The van der Waals surface area contributed by atoms with Crippen molar-refractivity contribution in [1.82, 2.24) is 0 Å². The highest BCUT2D eigenvalue weighted by Crippen LogP contribution is 2.15. The Morgan fingerprint density at radius 2 is 1.90 bits per heavy atom. The maximum absolute atomic E-state index is 13.0. The molecular weight excluding hydrogens is 259 g/mol. The van der Waals surface area contributed by atoms with Gasteiger partial charge in [0.1, 0.15) is 24.0 Å². The number of ether oxygens (including phenoxy) is 1. The van der Waals surface area contributed by atoms with Crippen LogP contribution >= 0.6 is 0 Å². The first kappa shape index (κ1) is 13.9. The summed E-state index contributed by atoms with van der Waals surface area (Å²) in [5.74, 6) is 0.552. The lowest BCUT2D eigenvalue weighted by molar-refractivity contribution is 0.305. The molecule has 0 unspecified atom stereocenters. The minimum atomic E-state index is -0.278. The summed E-state index contributed by atoms with van der Waals surface area (Å²) in [5, 5.41) is 11.4. The van der Waals surface area contributed by atoms with Gasteiger partial charge in [0.15, 0.2) is 0 Å². The molecule has 5 heteroatoms. The fourth-order valence-corrected chi connectivity index (χ4v) is 1.74. The van der Waals surface area contributed by atoms with E-state index >= 15 is 0 Å². The van der Waals surface area contributed by atoms with E-state index in [2.05, 4.69) is 5.16 Å². The van der Waals surface area contributed by atoms with E-state index in [1.165, 1.54) is 12.1 Å². The average Bonchev–Trinajstić information content (AvgIpc) is 2.46. The van der Waals surface area contributed by atoms with Crippen molar-refractivity contribution in [2.45, 2.75) is 13.0 Å². The highest BCUT2D eigenvalue weighted by molar-refractivity contribution is 5.82.